The highest BCUT2D eigenvalue weighted by Crippen LogP contribution is 2.19. The molecule has 1 aliphatic heterocycles. The Kier molecular flexibility index (Phi) is 3.06. The third kappa shape index (κ3) is 1.64. The highest BCUT2D eigenvalue weighted by molar-refractivity contribution is 7.54. The van der Waals surface area contributed by atoms with Crippen LogP contribution in [0.15, 0.2) is 24.6 Å². The summed E-state index contributed by atoms with van der Waals surface area (Å²) in [4.78, 5) is 0. The molecule has 1 fully saturated rings. The lowest BCUT2D eigenvalue weighted by molar-refractivity contribution is 0.365. The minimum absolute atomic E-state index is 0.135. The van der Waals surface area contributed by atoms with Crippen LogP contribution < -0.4 is 0 Å². The Hall–Kier alpha value is 0.0906. The smallest absolute Gasteiger partial charge is 0.145 e. The molecule has 0 aromatic carbocycles. The van der Waals surface area contributed by atoms with E-state index in [-0.39, 0.29) is 9.28 Å². The summed E-state index contributed by atoms with van der Waals surface area (Å²) >= 11 is 0. The second kappa shape index (κ2) is 3.66. The molecule has 1 aliphatic rings. The van der Waals surface area contributed by atoms with E-state index in [0.29, 0.717) is 0 Å². The average molecular weight is 200 g/mol. The normalized spacial score (nSPS) is 31.5. The van der Waals surface area contributed by atoms with Gasteiger partial charge in [-0.15, -0.1) is 24.6 Å². The van der Waals surface area contributed by atoms with E-state index in [4.69, 9.17) is 4.43 Å². The molecular formula is C7H16OSi3. The second-order valence-corrected chi connectivity index (χ2v) is 22.6. The first-order valence-corrected chi connectivity index (χ1v) is 13.3. The molecule has 1 unspecified atom stereocenters. The molecule has 4 heteroatoms. The van der Waals surface area contributed by atoms with E-state index in [9.17, 15) is 0 Å². The first-order valence-electron chi connectivity index (χ1n) is 4.10. The van der Waals surface area contributed by atoms with Gasteiger partial charge in [-0.05, 0) is 6.04 Å². The third-order valence-electron chi connectivity index (χ3n) is 2.72. The maximum atomic E-state index is 5.58. The van der Waals surface area contributed by atoms with Crippen molar-refractivity contribution in [2.24, 2.45) is 0 Å². The lowest BCUT2D eigenvalue weighted by atomic mass is 10.9. The van der Waals surface area contributed by atoms with Gasteiger partial charge in [0.15, 0.2) is 0 Å². The number of hydrogen-bond donors (Lipinski definition) is 0. The van der Waals surface area contributed by atoms with Crippen molar-refractivity contribution >= 4 is 24.7 Å². The van der Waals surface area contributed by atoms with Gasteiger partial charge in [-0.25, -0.2) is 0 Å². The van der Waals surface area contributed by atoms with Gasteiger partial charge in [-0.1, -0.05) is 6.55 Å². The van der Waals surface area contributed by atoms with Crippen LogP contribution in [-0.4, -0.2) is 31.3 Å². The van der Waals surface area contributed by atoms with Crippen molar-refractivity contribution in [2.75, 3.05) is 6.61 Å². The molecular weight excluding hydrogens is 184 g/mol. The molecule has 62 valence electrons. The fourth-order valence-electron chi connectivity index (χ4n) is 1.60. The highest BCUT2D eigenvalue weighted by Gasteiger charge is 2.36. The maximum absolute atomic E-state index is 5.58. The van der Waals surface area contributed by atoms with Crippen molar-refractivity contribution in [3.8, 4) is 0 Å². The molecule has 0 bridgehead atoms. The minimum Gasteiger partial charge on any atom is -0.428 e. The molecule has 1 atom stereocenters. The molecule has 0 radical (unpaired) electrons. The summed E-state index contributed by atoms with van der Waals surface area (Å²) in [5.74, 6) is 0. The second-order valence-electron chi connectivity index (χ2n) is 3.25. The molecule has 0 N–H and O–H groups in total. The van der Waals surface area contributed by atoms with Gasteiger partial charge in [0.05, 0.1) is 15.4 Å². The standard InChI is InChI=1S/C7H16OSi3/c1-4-11(5-2)7-6-8-9-10(11)3/h4-5,10H,1-2,6-7,9H2,3H3. The Bertz CT molecular complexity index is 161. The zero-order chi connectivity index (χ0) is 8.32. The first-order chi connectivity index (χ1) is 5.25. The van der Waals surface area contributed by atoms with Crippen molar-refractivity contribution in [1.82, 2.24) is 0 Å². The molecule has 11 heavy (non-hydrogen) atoms. The van der Waals surface area contributed by atoms with Gasteiger partial charge in [0, 0.05) is 6.61 Å². The quantitative estimate of drug-likeness (QED) is 0.588. The van der Waals surface area contributed by atoms with E-state index in [2.05, 4.69) is 31.1 Å². The van der Waals surface area contributed by atoms with Crippen LogP contribution in [0.2, 0.25) is 12.6 Å². The van der Waals surface area contributed by atoms with E-state index in [1.165, 1.54) is 6.04 Å². The molecule has 0 saturated carbocycles. The van der Waals surface area contributed by atoms with Crippen LogP contribution >= 0.6 is 0 Å². The van der Waals surface area contributed by atoms with E-state index in [1.807, 2.05) is 0 Å². The summed E-state index contributed by atoms with van der Waals surface area (Å²) in [7, 11) is -1.79. The Morgan fingerprint density at radius 3 is 2.55 bits per heavy atom. The third-order valence-corrected chi connectivity index (χ3v) is 26.5. The molecule has 1 heterocycles. The van der Waals surface area contributed by atoms with Crippen LogP contribution in [0.1, 0.15) is 0 Å². The summed E-state index contributed by atoms with van der Waals surface area (Å²) in [6, 6.07) is 1.26. The zero-order valence-corrected chi connectivity index (χ0v) is 10.7. The largest absolute Gasteiger partial charge is 0.428 e. The monoisotopic (exact) mass is 200 g/mol. The average Bonchev–Trinajstić information content (AvgIpc) is 2.06. The predicted molar refractivity (Wildman–Crippen MR) is 58.5 cm³/mol. The lowest BCUT2D eigenvalue weighted by Crippen LogP contribution is -2.55. The highest BCUT2D eigenvalue weighted by atomic mass is 29.6. The van der Waals surface area contributed by atoms with Gasteiger partial charge in [0.1, 0.15) is 9.28 Å². The van der Waals surface area contributed by atoms with Crippen LogP contribution in [-0.2, 0) is 4.43 Å². The van der Waals surface area contributed by atoms with Gasteiger partial charge in [0.2, 0.25) is 0 Å². The van der Waals surface area contributed by atoms with Crippen molar-refractivity contribution in [1.29, 1.82) is 0 Å². The summed E-state index contributed by atoms with van der Waals surface area (Å²) in [5, 5.41) is 0. The van der Waals surface area contributed by atoms with E-state index < -0.39 is 15.4 Å². The van der Waals surface area contributed by atoms with Crippen LogP contribution in [0.4, 0.5) is 0 Å². The Balaban J connectivity index is 2.77. The maximum Gasteiger partial charge on any atom is 0.145 e. The summed E-state index contributed by atoms with van der Waals surface area (Å²) < 4.78 is 5.58. The van der Waals surface area contributed by atoms with Gasteiger partial charge in [0.25, 0.3) is 0 Å². The van der Waals surface area contributed by atoms with Crippen molar-refractivity contribution in [2.45, 2.75) is 12.6 Å². The van der Waals surface area contributed by atoms with Crippen LogP contribution in [0.25, 0.3) is 0 Å². The minimum atomic E-state index is -1.13. The topological polar surface area (TPSA) is 9.23 Å². The lowest BCUT2D eigenvalue weighted by Gasteiger charge is -2.34. The summed E-state index contributed by atoms with van der Waals surface area (Å²) in [6.45, 7) is 11.4. The van der Waals surface area contributed by atoms with Crippen LogP contribution in [0, 0.1) is 0 Å². The van der Waals surface area contributed by atoms with E-state index >= 15 is 0 Å². The van der Waals surface area contributed by atoms with Gasteiger partial charge in [-0.2, -0.15) is 0 Å². The summed E-state index contributed by atoms with van der Waals surface area (Å²) in [6.07, 6.45) is 0. The SMILES string of the molecule is C=C[Si]1(C=C)CCO[SiH2][SiH]1C. The van der Waals surface area contributed by atoms with Gasteiger partial charge >= 0.3 is 0 Å². The predicted octanol–water partition coefficient (Wildman–Crippen LogP) is 0.432. The fourth-order valence-corrected chi connectivity index (χ4v) is 20.7. The van der Waals surface area contributed by atoms with Crippen molar-refractivity contribution in [3.05, 3.63) is 24.6 Å². The Labute approximate surface area is 73.3 Å². The van der Waals surface area contributed by atoms with Crippen molar-refractivity contribution in [3.63, 3.8) is 0 Å². The van der Waals surface area contributed by atoms with Crippen molar-refractivity contribution < 1.29 is 4.43 Å². The molecule has 1 rings (SSSR count). The molecule has 0 spiro atoms. The van der Waals surface area contributed by atoms with E-state index in [1.54, 1.807) is 0 Å². The molecule has 1 nitrogen and oxygen atoms in total. The van der Waals surface area contributed by atoms with E-state index in [0.717, 1.165) is 6.61 Å². The molecule has 1 saturated heterocycles. The van der Waals surface area contributed by atoms with Gasteiger partial charge in [-0.3, -0.25) is 0 Å². The Morgan fingerprint density at radius 2 is 2.18 bits per heavy atom. The van der Waals surface area contributed by atoms with Gasteiger partial charge < -0.3 is 4.43 Å². The van der Waals surface area contributed by atoms with Crippen LogP contribution in [0.5, 0.6) is 0 Å². The molecule has 0 aromatic rings. The number of rotatable bonds is 2. The first kappa shape index (κ1) is 9.18. The molecule has 0 aliphatic carbocycles. The molecule has 0 aromatic heterocycles. The molecule has 0 amide bonds. The number of hydrogen-bond acceptors (Lipinski definition) is 1. The Morgan fingerprint density at radius 1 is 1.55 bits per heavy atom. The zero-order valence-electron chi connectivity index (χ0n) is 7.18. The van der Waals surface area contributed by atoms with Crippen LogP contribution in [0.3, 0.4) is 0 Å². The fraction of sp³-hybridized carbons (Fsp3) is 0.429. The summed E-state index contributed by atoms with van der Waals surface area (Å²) in [5.41, 5.74) is 4.48.